The Balaban J connectivity index is 1.36. The van der Waals surface area contributed by atoms with Crippen LogP contribution in [-0.2, 0) is 16.1 Å². The van der Waals surface area contributed by atoms with E-state index in [0.29, 0.717) is 17.4 Å². The molecule has 32 heavy (non-hydrogen) atoms. The molecule has 8 nitrogen and oxygen atoms in total. The fraction of sp³-hybridized carbons (Fsp3) is 0.375. The number of hydrogen-bond acceptors (Lipinski definition) is 5. The molecule has 0 bridgehead atoms. The van der Waals surface area contributed by atoms with Crippen molar-refractivity contribution in [3.8, 4) is 11.5 Å². The Bertz CT molecular complexity index is 1020. The second kappa shape index (κ2) is 9.72. The zero-order valence-electron chi connectivity index (χ0n) is 18.0. The van der Waals surface area contributed by atoms with E-state index in [4.69, 9.17) is 9.47 Å². The van der Waals surface area contributed by atoms with E-state index in [9.17, 15) is 14.4 Å². The van der Waals surface area contributed by atoms with Crippen LogP contribution in [0.4, 0.5) is 5.69 Å². The third-order valence-corrected chi connectivity index (χ3v) is 5.94. The summed E-state index contributed by atoms with van der Waals surface area (Å²) < 4.78 is 10.6. The molecule has 2 aromatic carbocycles. The molecule has 1 heterocycles. The average Bonchev–Trinajstić information content (AvgIpc) is 3.27. The van der Waals surface area contributed by atoms with E-state index in [1.807, 2.05) is 12.1 Å². The highest BCUT2D eigenvalue weighted by atomic mass is 16.7. The number of amides is 3. The Morgan fingerprint density at radius 3 is 2.59 bits per heavy atom. The van der Waals surface area contributed by atoms with Crippen LogP contribution in [0.2, 0.25) is 0 Å². The molecule has 2 atom stereocenters. The Labute approximate surface area is 186 Å². The summed E-state index contributed by atoms with van der Waals surface area (Å²) in [5, 5.41) is 8.24. The molecule has 4 rings (SSSR count). The molecule has 1 aliphatic heterocycles. The maximum Gasteiger partial charge on any atom is 0.313 e. The van der Waals surface area contributed by atoms with Gasteiger partial charge in [0.05, 0.1) is 11.3 Å². The maximum atomic E-state index is 12.8. The van der Waals surface area contributed by atoms with Crippen LogP contribution < -0.4 is 25.4 Å². The molecule has 3 amide bonds. The van der Waals surface area contributed by atoms with E-state index < -0.39 is 11.8 Å². The molecule has 0 spiro atoms. The van der Waals surface area contributed by atoms with E-state index in [0.717, 1.165) is 31.2 Å². The summed E-state index contributed by atoms with van der Waals surface area (Å²) in [5.74, 6) is -0.163. The fourth-order valence-electron chi connectivity index (χ4n) is 4.06. The molecule has 1 aliphatic carbocycles. The summed E-state index contributed by atoms with van der Waals surface area (Å²) in [6.45, 7) is 2.55. The lowest BCUT2D eigenvalue weighted by molar-refractivity contribution is -0.137. The van der Waals surface area contributed by atoms with Crippen LogP contribution in [0.25, 0.3) is 0 Å². The quantitative estimate of drug-likeness (QED) is 0.624. The Morgan fingerprint density at radius 2 is 1.75 bits per heavy atom. The van der Waals surface area contributed by atoms with Crippen molar-refractivity contribution in [3.05, 3.63) is 53.6 Å². The number of anilines is 1. The van der Waals surface area contributed by atoms with Crippen molar-refractivity contribution in [1.82, 2.24) is 10.6 Å². The lowest BCUT2D eigenvalue weighted by atomic mass is 9.86. The minimum absolute atomic E-state index is 0.00208. The summed E-state index contributed by atoms with van der Waals surface area (Å²) in [5.41, 5.74) is 1.41. The van der Waals surface area contributed by atoms with Crippen molar-refractivity contribution in [3.63, 3.8) is 0 Å². The number of benzene rings is 2. The van der Waals surface area contributed by atoms with Gasteiger partial charge in [0.1, 0.15) is 0 Å². The highest BCUT2D eigenvalue weighted by molar-refractivity contribution is 6.40. The standard InChI is InChI=1S/C24H27N3O5/c1-15-6-2-4-8-18(15)26-23(29)24(30)27-19-9-5-3-7-17(19)22(28)25-13-16-10-11-20-21(12-16)32-14-31-20/h3,5,7,9-12,15,18H,2,4,6,8,13-14H2,1H3,(H,25,28)(H,26,29)(H,27,30)/t15-,18+/m0/s1. The van der Waals surface area contributed by atoms with Crippen molar-refractivity contribution < 1.29 is 23.9 Å². The molecule has 8 heteroatoms. The van der Waals surface area contributed by atoms with Gasteiger partial charge >= 0.3 is 11.8 Å². The number of rotatable bonds is 5. The first kappa shape index (κ1) is 21.7. The molecular formula is C24H27N3O5. The van der Waals surface area contributed by atoms with Crippen LogP contribution in [0.15, 0.2) is 42.5 Å². The second-order valence-electron chi connectivity index (χ2n) is 8.21. The summed E-state index contributed by atoms with van der Waals surface area (Å²) in [4.78, 5) is 37.6. The number of fused-ring (bicyclic) bond motifs is 1. The Kier molecular flexibility index (Phi) is 6.58. The van der Waals surface area contributed by atoms with E-state index >= 15 is 0 Å². The van der Waals surface area contributed by atoms with Crippen LogP contribution in [0.3, 0.4) is 0 Å². The van der Waals surface area contributed by atoms with Gasteiger partial charge in [-0.2, -0.15) is 0 Å². The van der Waals surface area contributed by atoms with Crippen molar-refractivity contribution >= 4 is 23.4 Å². The highest BCUT2D eigenvalue weighted by Gasteiger charge is 2.26. The summed E-state index contributed by atoms with van der Waals surface area (Å²) in [6, 6.07) is 12.1. The SMILES string of the molecule is C[C@H]1CCCC[C@H]1NC(=O)C(=O)Nc1ccccc1C(=O)NCc1ccc2c(c1)OCO2. The minimum atomic E-state index is -0.779. The molecule has 0 radical (unpaired) electrons. The van der Waals surface area contributed by atoms with Gasteiger partial charge in [-0.1, -0.05) is 38.0 Å². The Hall–Kier alpha value is -3.55. The summed E-state index contributed by atoms with van der Waals surface area (Å²) >= 11 is 0. The normalized spacial score (nSPS) is 19.2. The van der Waals surface area contributed by atoms with Crippen molar-refractivity contribution in [1.29, 1.82) is 0 Å². The summed E-state index contributed by atoms with van der Waals surface area (Å²) in [7, 11) is 0. The molecule has 0 saturated heterocycles. The van der Waals surface area contributed by atoms with E-state index in [1.165, 1.54) is 0 Å². The van der Waals surface area contributed by atoms with Crippen LogP contribution in [0.1, 0.15) is 48.5 Å². The van der Waals surface area contributed by atoms with Gasteiger partial charge in [0, 0.05) is 12.6 Å². The number of carbonyl (C=O) groups is 3. The first-order valence-electron chi connectivity index (χ1n) is 10.9. The molecule has 2 aliphatic rings. The molecule has 168 valence electrons. The van der Waals surface area contributed by atoms with E-state index in [2.05, 4.69) is 22.9 Å². The van der Waals surface area contributed by atoms with Crippen molar-refractivity contribution in [2.75, 3.05) is 12.1 Å². The lowest BCUT2D eigenvalue weighted by Crippen LogP contribution is -2.46. The molecule has 1 saturated carbocycles. The van der Waals surface area contributed by atoms with E-state index in [-0.39, 0.29) is 36.5 Å². The maximum absolute atomic E-state index is 12.8. The smallest absolute Gasteiger partial charge is 0.313 e. The third kappa shape index (κ3) is 5.01. The zero-order chi connectivity index (χ0) is 22.5. The van der Waals surface area contributed by atoms with Crippen LogP contribution in [0.5, 0.6) is 11.5 Å². The Morgan fingerprint density at radius 1 is 0.969 bits per heavy atom. The predicted molar refractivity (Wildman–Crippen MR) is 118 cm³/mol. The number of nitrogens with one attached hydrogen (secondary N) is 3. The van der Waals surface area contributed by atoms with Gasteiger partial charge in [0.2, 0.25) is 6.79 Å². The van der Waals surface area contributed by atoms with Crippen molar-refractivity contribution in [2.45, 2.75) is 45.2 Å². The second-order valence-corrected chi connectivity index (χ2v) is 8.21. The number of para-hydroxylation sites is 1. The third-order valence-electron chi connectivity index (χ3n) is 5.94. The van der Waals surface area contributed by atoms with Crippen LogP contribution in [0, 0.1) is 5.92 Å². The predicted octanol–water partition coefficient (Wildman–Crippen LogP) is 2.98. The fourth-order valence-corrected chi connectivity index (χ4v) is 4.06. The first-order chi connectivity index (χ1) is 15.5. The van der Waals surface area contributed by atoms with Gasteiger partial charge in [0.25, 0.3) is 5.91 Å². The lowest BCUT2D eigenvalue weighted by Gasteiger charge is -2.29. The van der Waals surface area contributed by atoms with Gasteiger partial charge in [-0.05, 0) is 48.6 Å². The molecule has 0 unspecified atom stereocenters. The van der Waals surface area contributed by atoms with Gasteiger partial charge < -0.3 is 25.4 Å². The van der Waals surface area contributed by atoms with Gasteiger partial charge in [-0.25, -0.2) is 0 Å². The summed E-state index contributed by atoms with van der Waals surface area (Å²) in [6.07, 6.45) is 4.11. The molecule has 3 N–H and O–H groups in total. The van der Waals surface area contributed by atoms with Crippen LogP contribution >= 0.6 is 0 Å². The van der Waals surface area contributed by atoms with Gasteiger partial charge in [0.15, 0.2) is 11.5 Å². The number of hydrogen-bond donors (Lipinski definition) is 3. The van der Waals surface area contributed by atoms with Gasteiger partial charge in [-0.15, -0.1) is 0 Å². The largest absolute Gasteiger partial charge is 0.454 e. The first-order valence-corrected chi connectivity index (χ1v) is 10.9. The topological polar surface area (TPSA) is 106 Å². The van der Waals surface area contributed by atoms with Crippen LogP contribution in [-0.4, -0.2) is 30.6 Å². The van der Waals surface area contributed by atoms with Crippen molar-refractivity contribution in [2.24, 2.45) is 5.92 Å². The number of carbonyl (C=O) groups excluding carboxylic acids is 3. The molecule has 0 aromatic heterocycles. The minimum Gasteiger partial charge on any atom is -0.454 e. The molecule has 2 aromatic rings. The highest BCUT2D eigenvalue weighted by Crippen LogP contribution is 2.32. The van der Waals surface area contributed by atoms with E-state index in [1.54, 1.807) is 30.3 Å². The average molecular weight is 437 g/mol. The monoisotopic (exact) mass is 437 g/mol. The zero-order valence-corrected chi connectivity index (χ0v) is 18.0. The van der Waals surface area contributed by atoms with Gasteiger partial charge in [-0.3, -0.25) is 14.4 Å². The molecule has 1 fully saturated rings. The molecular weight excluding hydrogens is 410 g/mol. The number of ether oxygens (including phenoxy) is 2.